The maximum absolute atomic E-state index is 12.7. The monoisotopic (exact) mass is 419 g/mol. The van der Waals surface area contributed by atoms with Crippen molar-refractivity contribution in [3.8, 4) is 0 Å². The Hall–Kier alpha value is -2.96. The van der Waals surface area contributed by atoms with Gasteiger partial charge in [0.05, 0.1) is 6.04 Å². The van der Waals surface area contributed by atoms with Crippen molar-refractivity contribution in [3.63, 3.8) is 0 Å². The lowest BCUT2D eigenvalue weighted by Gasteiger charge is -2.27. The summed E-state index contributed by atoms with van der Waals surface area (Å²) < 4.78 is 0. The third-order valence-electron chi connectivity index (χ3n) is 5.35. The number of thiophene rings is 1. The van der Waals surface area contributed by atoms with Crippen molar-refractivity contribution in [3.05, 3.63) is 88.1 Å². The highest BCUT2D eigenvalue weighted by Gasteiger charge is 2.24. The first-order valence-corrected chi connectivity index (χ1v) is 11.1. The second kappa shape index (κ2) is 9.69. The minimum atomic E-state index is -0.169. The van der Waals surface area contributed by atoms with Crippen LogP contribution in [0.15, 0.2) is 72.1 Å². The summed E-state index contributed by atoms with van der Waals surface area (Å²) in [6.45, 7) is 2.74. The summed E-state index contributed by atoms with van der Waals surface area (Å²) in [5.41, 5.74) is 1.84. The van der Waals surface area contributed by atoms with E-state index in [-0.39, 0.29) is 17.9 Å². The van der Waals surface area contributed by atoms with Gasteiger partial charge in [-0.3, -0.25) is 14.5 Å². The Kier molecular flexibility index (Phi) is 6.57. The lowest BCUT2D eigenvalue weighted by Crippen LogP contribution is -2.36. The van der Waals surface area contributed by atoms with Crippen molar-refractivity contribution in [2.24, 2.45) is 0 Å². The van der Waals surface area contributed by atoms with Crippen LogP contribution in [0.1, 0.15) is 44.5 Å². The Morgan fingerprint density at radius 2 is 1.57 bits per heavy atom. The van der Waals surface area contributed by atoms with E-state index in [1.54, 1.807) is 47.7 Å². The quantitative estimate of drug-likeness (QED) is 0.590. The maximum Gasteiger partial charge on any atom is 0.255 e. The van der Waals surface area contributed by atoms with Gasteiger partial charge in [0.1, 0.15) is 0 Å². The standard InChI is InChI=1S/C24H25N3O2S/c28-23(25-17-21(22-9-6-16-30-22)27-14-4-5-15-27)19-10-12-20(13-11-19)26-24(29)18-7-2-1-3-8-18/h1-3,6-13,16,21H,4-5,14-15,17H2,(H,25,28)(H,26,29)/t21-/m1/s1. The van der Waals surface area contributed by atoms with Crippen LogP contribution in [0, 0.1) is 0 Å². The van der Waals surface area contributed by atoms with Gasteiger partial charge in [0.2, 0.25) is 0 Å². The number of carbonyl (C=O) groups excluding carboxylic acids is 2. The van der Waals surface area contributed by atoms with Crippen LogP contribution < -0.4 is 10.6 Å². The molecule has 1 saturated heterocycles. The van der Waals surface area contributed by atoms with E-state index in [2.05, 4.69) is 33.0 Å². The molecule has 0 saturated carbocycles. The van der Waals surface area contributed by atoms with Gasteiger partial charge < -0.3 is 10.6 Å². The molecule has 4 rings (SSSR count). The number of rotatable bonds is 7. The molecule has 1 aromatic heterocycles. The number of hydrogen-bond donors (Lipinski definition) is 2. The molecule has 3 aromatic rings. The van der Waals surface area contributed by atoms with Crippen LogP contribution in [-0.4, -0.2) is 36.3 Å². The third-order valence-corrected chi connectivity index (χ3v) is 6.32. The first kappa shape index (κ1) is 20.3. The summed E-state index contributed by atoms with van der Waals surface area (Å²) in [6.07, 6.45) is 2.43. The van der Waals surface area contributed by atoms with Crippen molar-refractivity contribution in [2.45, 2.75) is 18.9 Å². The Bertz CT molecular complexity index is 965. The fourth-order valence-electron chi connectivity index (χ4n) is 3.73. The van der Waals surface area contributed by atoms with Crippen molar-refractivity contribution >= 4 is 28.8 Å². The van der Waals surface area contributed by atoms with Crippen molar-refractivity contribution in [1.29, 1.82) is 0 Å². The number of carbonyl (C=O) groups is 2. The van der Waals surface area contributed by atoms with Crippen LogP contribution in [0.2, 0.25) is 0 Å². The molecular weight excluding hydrogens is 394 g/mol. The van der Waals surface area contributed by atoms with Gasteiger partial charge in [0, 0.05) is 28.2 Å². The minimum Gasteiger partial charge on any atom is -0.350 e. The summed E-state index contributed by atoms with van der Waals surface area (Å²) >= 11 is 1.74. The maximum atomic E-state index is 12.7. The van der Waals surface area contributed by atoms with Crippen LogP contribution in [0.5, 0.6) is 0 Å². The van der Waals surface area contributed by atoms with Gasteiger partial charge in [-0.05, 0) is 73.8 Å². The summed E-state index contributed by atoms with van der Waals surface area (Å²) in [5, 5.41) is 8.03. The molecule has 1 aliphatic heterocycles. The van der Waals surface area contributed by atoms with Crippen LogP contribution in [-0.2, 0) is 0 Å². The van der Waals surface area contributed by atoms with E-state index in [4.69, 9.17) is 0 Å². The molecule has 0 bridgehead atoms. The molecule has 2 amide bonds. The number of anilines is 1. The first-order chi connectivity index (χ1) is 14.7. The molecule has 30 heavy (non-hydrogen) atoms. The highest BCUT2D eigenvalue weighted by molar-refractivity contribution is 7.10. The van der Waals surface area contributed by atoms with Crippen molar-refractivity contribution in [1.82, 2.24) is 10.2 Å². The summed E-state index contributed by atoms with van der Waals surface area (Å²) in [4.78, 5) is 28.7. The van der Waals surface area contributed by atoms with E-state index in [0.717, 1.165) is 13.1 Å². The number of hydrogen-bond acceptors (Lipinski definition) is 4. The first-order valence-electron chi connectivity index (χ1n) is 10.2. The highest BCUT2D eigenvalue weighted by atomic mass is 32.1. The molecule has 2 aromatic carbocycles. The Morgan fingerprint density at radius 3 is 2.23 bits per heavy atom. The van der Waals surface area contributed by atoms with Gasteiger partial charge in [0.25, 0.3) is 11.8 Å². The average molecular weight is 420 g/mol. The van der Waals surface area contributed by atoms with Gasteiger partial charge >= 0.3 is 0 Å². The summed E-state index contributed by atoms with van der Waals surface area (Å²) in [6, 6.07) is 20.5. The predicted molar refractivity (Wildman–Crippen MR) is 121 cm³/mol. The Morgan fingerprint density at radius 1 is 0.867 bits per heavy atom. The molecule has 0 aliphatic carbocycles. The van der Waals surface area contributed by atoms with Crippen LogP contribution in [0.25, 0.3) is 0 Å². The Balaban J connectivity index is 1.35. The summed E-state index contributed by atoms with van der Waals surface area (Å²) in [7, 11) is 0. The fraction of sp³-hybridized carbons (Fsp3) is 0.250. The van der Waals surface area contributed by atoms with Crippen LogP contribution in [0.3, 0.4) is 0 Å². The van der Waals surface area contributed by atoms with E-state index < -0.39 is 0 Å². The van der Waals surface area contributed by atoms with Gasteiger partial charge in [-0.1, -0.05) is 24.3 Å². The van der Waals surface area contributed by atoms with E-state index in [9.17, 15) is 9.59 Å². The van der Waals surface area contributed by atoms with E-state index >= 15 is 0 Å². The third kappa shape index (κ3) is 4.96. The molecule has 1 atom stereocenters. The van der Waals surface area contributed by atoms with Gasteiger partial charge in [0.15, 0.2) is 0 Å². The lowest BCUT2D eigenvalue weighted by molar-refractivity contribution is 0.0938. The lowest BCUT2D eigenvalue weighted by atomic mass is 10.1. The molecule has 2 N–H and O–H groups in total. The molecule has 5 nitrogen and oxygen atoms in total. The molecule has 1 aliphatic rings. The number of nitrogens with one attached hydrogen (secondary N) is 2. The molecule has 6 heteroatoms. The van der Waals surface area contributed by atoms with E-state index in [1.807, 2.05) is 18.2 Å². The minimum absolute atomic E-state index is 0.100. The smallest absolute Gasteiger partial charge is 0.255 e. The second-order valence-corrected chi connectivity index (χ2v) is 8.36. The Labute approximate surface area is 180 Å². The molecule has 0 unspecified atom stereocenters. The normalized spacial score (nSPS) is 14.9. The molecule has 1 fully saturated rings. The summed E-state index contributed by atoms with van der Waals surface area (Å²) in [5.74, 6) is -0.270. The predicted octanol–water partition coefficient (Wildman–Crippen LogP) is 4.57. The topological polar surface area (TPSA) is 61.4 Å². The van der Waals surface area contributed by atoms with Gasteiger partial charge in [-0.25, -0.2) is 0 Å². The molecular formula is C24H25N3O2S. The van der Waals surface area contributed by atoms with Crippen LogP contribution >= 0.6 is 11.3 Å². The van der Waals surface area contributed by atoms with E-state index in [1.165, 1.54) is 17.7 Å². The van der Waals surface area contributed by atoms with Crippen molar-refractivity contribution in [2.75, 3.05) is 25.0 Å². The molecule has 0 radical (unpaired) electrons. The highest BCUT2D eigenvalue weighted by Crippen LogP contribution is 2.28. The van der Waals surface area contributed by atoms with E-state index in [0.29, 0.717) is 23.4 Å². The number of amides is 2. The number of benzene rings is 2. The number of likely N-dealkylation sites (tertiary alicyclic amines) is 1. The molecule has 154 valence electrons. The zero-order chi connectivity index (χ0) is 20.8. The average Bonchev–Trinajstić information content (AvgIpc) is 3.50. The zero-order valence-electron chi connectivity index (χ0n) is 16.7. The van der Waals surface area contributed by atoms with Crippen LogP contribution in [0.4, 0.5) is 5.69 Å². The SMILES string of the molecule is O=C(NC[C@H](c1cccs1)N1CCCC1)c1ccc(NC(=O)c2ccccc2)cc1. The zero-order valence-corrected chi connectivity index (χ0v) is 17.5. The van der Waals surface area contributed by atoms with Crippen molar-refractivity contribution < 1.29 is 9.59 Å². The largest absolute Gasteiger partial charge is 0.350 e. The van der Waals surface area contributed by atoms with Gasteiger partial charge in [-0.15, -0.1) is 11.3 Å². The number of nitrogens with zero attached hydrogens (tertiary/aromatic N) is 1. The fourth-order valence-corrected chi connectivity index (χ4v) is 4.59. The van der Waals surface area contributed by atoms with Gasteiger partial charge in [-0.2, -0.15) is 0 Å². The molecule has 2 heterocycles. The molecule has 0 spiro atoms. The second-order valence-electron chi connectivity index (χ2n) is 7.38.